The molecule has 0 aliphatic rings. The molecule has 0 aliphatic heterocycles. The molecule has 156 valence electrons. The van der Waals surface area contributed by atoms with Crippen molar-refractivity contribution in [3.05, 3.63) is 83.9 Å². The third-order valence-corrected chi connectivity index (χ3v) is 6.12. The SMILES string of the molecule is CCOC(=O)CN(c1ccc(Oc2ccccc2)cc1)S(=O)(=O)c1ccc(Cl)cc1. The van der Waals surface area contributed by atoms with Gasteiger partial charge in [0.25, 0.3) is 10.0 Å². The average Bonchev–Trinajstić information content (AvgIpc) is 2.74. The van der Waals surface area contributed by atoms with Gasteiger partial charge in [0, 0.05) is 5.02 Å². The molecule has 0 spiro atoms. The van der Waals surface area contributed by atoms with E-state index in [2.05, 4.69) is 0 Å². The lowest BCUT2D eigenvalue weighted by molar-refractivity contribution is -0.141. The molecule has 30 heavy (non-hydrogen) atoms. The first-order valence-electron chi connectivity index (χ1n) is 9.17. The Kier molecular flexibility index (Phi) is 6.97. The molecule has 0 aromatic heterocycles. The van der Waals surface area contributed by atoms with Gasteiger partial charge in [-0.15, -0.1) is 0 Å². The number of rotatable bonds is 8. The van der Waals surface area contributed by atoms with Gasteiger partial charge in [-0.3, -0.25) is 9.10 Å². The highest BCUT2D eigenvalue weighted by Gasteiger charge is 2.27. The maximum Gasteiger partial charge on any atom is 0.326 e. The molecule has 0 fully saturated rings. The molecular formula is C22H20ClNO5S. The average molecular weight is 446 g/mol. The van der Waals surface area contributed by atoms with Crippen LogP contribution in [0.1, 0.15) is 6.92 Å². The molecule has 3 rings (SSSR count). The van der Waals surface area contributed by atoms with E-state index in [-0.39, 0.29) is 11.5 Å². The zero-order valence-corrected chi connectivity index (χ0v) is 17.8. The second kappa shape index (κ2) is 9.65. The van der Waals surface area contributed by atoms with Crippen LogP contribution in [0.2, 0.25) is 5.02 Å². The van der Waals surface area contributed by atoms with Gasteiger partial charge in [-0.2, -0.15) is 0 Å². The van der Waals surface area contributed by atoms with Crippen molar-refractivity contribution in [2.45, 2.75) is 11.8 Å². The number of benzene rings is 3. The van der Waals surface area contributed by atoms with Gasteiger partial charge >= 0.3 is 5.97 Å². The highest BCUT2D eigenvalue weighted by molar-refractivity contribution is 7.92. The van der Waals surface area contributed by atoms with Crippen molar-refractivity contribution in [1.82, 2.24) is 0 Å². The molecule has 0 saturated heterocycles. The zero-order valence-electron chi connectivity index (χ0n) is 16.2. The standard InChI is InChI=1S/C22H20ClNO5S/c1-2-28-22(25)16-24(30(26,27)21-14-8-17(23)9-15-21)18-10-12-20(13-11-18)29-19-6-4-3-5-7-19/h3-15H,2,16H2,1H3. The van der Waals surface area contributed by atoms with E-state index in [9.17, 15) is 13.2 Å². The van der Waals surface area contributed by atoms with Gasteiger partial charge in [0.15, 0.2) is 0 Å². The van der Waals surface area contributed by atoms with E-state index >= 15 is 0 Å². The lowest BCUT2D eigenvalue weighted by Crippen LogP contribution is -2.36. The van der Waals surface area contributed by atoms with Crippen LogP contribution in [-0.4, -0.2) is 27.5 Å². The monoisotopic (exact) mass is 445 g/mol. The number of ether oxygens (including phenoxy) is 2. The van der Waals surface area contributed by atoms with Gasteiger partial charge in [0.1, 0.15) is 18.0 Å². The predicted molar refractivity (Wildman–Crippen MR) is 116 cm³/mol. The molecule has 0 radical (unpaired) electrons. The highest BCUT2D eigenvalue weighted by Crippen LogP contribution is 2.28. The zero-order chi connectivity index (χ0) is 21.6. The Balaban J connectivity index is 1.91. The summed E-state index contributed by atoms with van der Waals surface area (Å²) in [6.45, 7) is 1.35. The molecule has 0 amide bonds. The molecule has 0 bridgehead atoms. The van der Waals surface area contributed by atoms with E-state index in [4.69, 9.17) is 21.1 Å². The van der Waals surface area contributed by atoms with Crippen molar-refractivity contribution >= 4 is 33.3 Å². The predicted octanol–water partition coefficient (Wildman–Crippen LogP) is 4.89. The van der Waals surface area contributed by atoms with Crippen molar-refractivity contribution in [2.24, 2.45) is 0 Å². The van der Waals surface area contributed by atoms with Gasteiger partial charge < -0.3 is 9.47 Å². The minimum Gasteiger partial charge on any atom is -0.465 e. The quantitative estimate of drug-likeness (QED) is 0.461. The molecule has 0 heterocycles. The van der Waals surface area contributed by atoms with Crippen molar-refractivity contribution in [3.8, 4) is 11.5 Å². The Labute approximate surface area is 180 Å². The Morgan fingerprint density at radius 1 is 0.900 bits per heavy atom. The number of sulfonamides is 1. The first kappa shape index (κ1) is 21.7. The summed E-state index contributed by atoms with van der Waals surface area (Å²) >= 11 is 5.87. The fraction of sp³-hybridized carbons (Fsp3) is 0.136. The van der Waals surface area contributed by atoms with E-state index in [0.29, 0.717) is 22.2 Å². The van der Waals surface area contributed by atoms with Gasteiger partial charge in [0.05, 0.1) is 17.2 Å². The largest absolute Gasteiger partial charge is 0.465 e. The number of carbonyl (C=O) groups excluding carboxylic acids is 1. The van der Waals surface area contributed by atoms with E-state index in [0.717, 1.165) is 4.31 Å². The van der Waals surface area contributed by atoms with Crippen molar-refractivity contribution in [1.29, 1.82) is 0 Å². The lowest BCUT2D eigenvalue weighted by atomic mass is 10.3. The molecule has 6 nitrogen and oxygen atoms in total. The van der Waals surface area contributed by atoms with Crippen LogP contribution in [0.4, 0.5) is 5.69 Å². The summed E-state index contributed by atoms with van der Waals surface area (Å²) in [4.78, 5) is 12.1. The Bertz CT molecular complexity index is 1080. The summed E-state index contributed by atoms with van der Waals surface area (Å²) in [6, 6.07) is 21.4. The van der Waals surface area contributed by atoms with Crippen LogP contribution in [0.15, 0.2) is 83.8 Å². The molecule has 8 heteroatoms. The summed E-state index contributed by atoms with van der Waals surface area (Å²) in [6.07, 6.45) is 0. The third-order valence-electron chi connectivity index (χ3n) is 4.08. The molecule has 0 aliphatic carbocycles. The van der Waals surface area contributed by atoms with Gasteiger partial charge in [-0.25, -0.2) is 8.42 Å². The number of carbonyl (C=O) groups is 1. The van der Waals surface area contributed by atoms with Gasteiger partial charge in [-0.1, -0.05) is 29.8 Å². The minimum atomic E-state index is -4.02. The Morgan fingerprint density at radius 3 is 2.10 bits per heavy atom. The van der Waals surface area contributed by atoms with E-state index < -0.39 is 22.5 Å². The second-order valence-corrected chi connectivity index (χ2v) is 8.48. The van der Waals surface area contributed by atoms with Crippen LogP contribution < -0.4 is 9.04 Å². The van der Waals surface area contributed by atoms with Crippen LogP contribution in [-0.2, 0) is 19.6 Å². The topological polar surface area (TPSA) is 72.9 Å². The molecule has 0 unspecified atom stereocenters. The molecule has 0 saturated carbocycles. The molecule has 0 N–H and O–H groups in total. The van der Waals surface area contributed by atoms with Crippen molar-refractivity contribution < 1.29 is 22.7 Å². The third kappa shape index (κ3) is 5.31. The summed E-state index contributed by atoms with van der Waals surface area (Å²) in [7, 11) is -4.02. The van der Waals surface area contributed by atoms with Gasteiger partial charge in [-0.05, 0) is 67.6 Å². The number of anilines is 1. The number of hydrogen-bond donors (Lipinski definition) is 0. The Morgan fingerprint density at radius 2 is 1.50 bits per heavy atom. The molecule has 0 atom stereocenters. The first-order chi connectivity index (χ1) is 14.4. The summed E-state index contributed by atoms with van der Waals surface area (Å²) < 4.78 is 38.1. The van der Waals surface area contributed by atoms with Crippen LogP contribution in [0, 0.1) is 0 Å². The normalized spacial score (nSPS) is 11.0. The Hall–Kier alpha value is -3.03. The molecule has 3 aromatic rings. The number of esters is 1. The molecule has 3 aromatic carbocycles. The van der Waals surface area contributed by atoms with Crippen LogP contribution >= 0.6 is 11.6 Å². The highest BCUT2D eigenvalue weighted by atomic mass is 35.5. The molecular weight excluding hydrogens is 426 g/mol. The number of hydrogen-bond acceptors (Lipinski definition) is 5. The van der Waals surface area contributed by atoms with E-state index in [1.807, 2.05) is 30.3 Å². The number of nitrogens with zero attached hydrogens (tertiary/aromatic N) is 1. The van der Waals surface area contributed by atoms with Gasteiger partial charge in [0.2, 0.25) is 0 Å². The van der Waals surface area contributed by atoms with E-state index in [1.165, 1.54) is 24.3 Å². The van der Waals surface area contributed by atoms with Crippen molar-refractivity contribution in [2.75, 3.05) is 17.5 Å². The van der Waals surface area contributed by atoms with E-state index in [1.54, 1.807) is 31.2 Å². The van der Waals surface area contributed by atoms with Crippen LogP contribution in [0.3, 0.4) is 0 Å². The van der Waals surface area contributed by atoms with Crippen molar-refractivity contribution in [3.63, 3.8) is 0 Å². The summed E-state index contributed by atoms with van der Waals surface area (Å²) in [5.41, 5.74) is 0.304. The fourth-order valence-electron chi connectivity index (χ4n) is 2.68. The smallest absolute Gasteiger partial charge is 0.326 e. The maximum absolute atomic E-state index is 13.2. The lowest BCUT2D eigenvalue weighted by Gasteiger charge is -2.24. The first-order valence-corrected chi connectivity index (χ1v) is 11.0. The maximum atomic E-state index is 13.2. The second-order valence-electron chi connectivity index (χ2n) is 6.18. The summed E-state index contributed by atoms with van der Waals surface area (Å²) in [5, 5.41) is 0.410. The fourth-order valence-corrected chi connectivity index (χ4v) is 4.21. The number of para-hydroxylation sites is 1. The van der Waals surface area contributed by atoms with Crippen LogP contribution in [0.5, 0.6) is 11.5 Å². The summed E-state index contributed by atoms with van der Waals surface area (Å²) in [5.74, 6) is 0.534. The van der Waals surface area contributed by atoms with Crippen LogP contribution in [0.25, 0.3) is 0 Å². The minimum absolute atomic E-state index is 0.0146. The number of halogens is 1.